The summed E-state index contributed by atoms with van der Waals surface area (Å²) in [5.41, 5.74) is 2.11. The molecule has 28 heavy (non-hydrogen) atoms. The van der Waals surface area contributed by atoms with Gasteiger partial charge in [0.1, 0.15) is 0 Å². The molecule has 0 radical (unpaired) electrons. The van der Waals surface area contributed by atoms with E-state index in [-0.39, 0.29) is 17.9 Å². The smallest absolute Gasteiger partial charge is 0.179 e. The van der Waals surface area contributed by atoms with Crippen LogP contribution in [0.4, 0.5) is 0 Å². The lowest BCUT2D eigenvalue weighted by Gasteiger charge is -2.40. The molecule has 1 aliphatic rings. The lowest BCUT2D eigenvalue weighted by Crippen LogP contribution is -2.50. The molecule has 3 rings (SSSR count). The van der Waals surface area contributed by atoms with Gasteiger partial charge in [-0.05, 0) is 32.0 Å². The number of hydrogen-bond donors (Lipinski definition) is 0. The van der Waals surface area contributed by atoms with E-state index in [1.54, 1.807) is 0 Å². The minimum Gasteiger partial charge on any atom is -0.379 e. The van der Waals surface area contributed by atoms with Crippen LogP contribution in [0.2, 0.25) is 0 Å². The van der Waals surface area contributed by atoms with Crippen LogP contribution in [0, 0.1) is 0 Å². The van der Waals surface area contributed by atoms with Gasteiger partial charge in [0.2, 0.25) is 0 Å². The van der Waals surface area contributed by atoms with E-state index in [1.165, 1.54) is 5.56 Å². The molecule has 3 unspecified atom stereocenters. The van der Waals surface area contributed by atoms with E-state index in [2.05, 4.69) is 47.1 Å². The molecule has 1 aliphatic heterocycles. The van der Waals surface area contributed by atoms with Gasteiger partial charge in [0.15, 0.2) is 5.78 Å². The SMILES string of the molecule is CC(c1ccccc1)C(CC(C(=O)c1ccccc1)N(C)C)N1CCOCC1. The lowest BCUT2D eigenvalue weighted by atomic mass is 9.85. The molecule has 0 spiro atoms. The van der Waals surface area contributed by atoms with Gasteiger partial charge in [0.25, 0.3) is 0 Å². The van der Waals surface area contributed by atoms with Gasteiger partial charge in [-0.25, -0.2) is 0 Å². The minimum atomic E-state index is -0.151. The van der Waals surface area contributed by atoms with Gasteiger partial charge in [0.05, 0.1) is 19.3 Å². The van der Waals surface area contributed by atoms with Gasteiger partial charge in [-0.15, -0.1) is 0 Å². The number of likely N-dealkylation sites (N-methyl/N-ethyl adjacent to an activating group) is 1. The molecule has 1 heterocycles. The van der Waals surface area contributed by atoms with E-state index in [9.17, 15) is 4.79 Å². The van der Waals surface area contributed by atoms with Crippen LogP contribution in [-0.4, -0.2) is 68.1 Å². The maximum atomic E-state index is 13.3. The van der Waals surface area contributed by atoms with Crippen molar-refractivity contribution in [1.29, 1.82) is 0 Å². The number of Topliss-reactive ketones (excluding diaryl/α,β-unsaturated/α-hetero) is 1. The van der Waals surface area contributed by atoms with E-state index in [0.29, 0.717) is 5.92 Å². The molecule has 3 atom stereocenters. The first kappa shape index (κ1) is 20.7. The highest BCUT2D eigenvalue weighted by molar-refractivity contribution is 6.00. The largest absolute Gasteiger partial charge is 0.379 e. The Morgan fingerprint density at radius 3 is 2.14 bits per heavy atom. The zero-order valence-electron chi connectivity index (χ0n) is 17.3. The summed E-state index contributed by atoms with van der Waals surface area (Å²) >= 11 is 0. The molecular weight excluding hydrogens is 348 g/mol. The summed E-state index contributed by atoms with van der Waals surface area (Å²) in [7, 11) is 4.02. The third-order valence-electron chi connectivity index (χ3n) is 5.87. The number of rotatable bonds is 8. The molecule has 0 amide bonds. The normalized spacial score (nSPS) is 18.6. The third kappa shape index (κ3) is 5.07. The zero-order valence-corrected chi connectivity index (χ0v) is 17.3. The fourth-order valence-electron chi connectivity index (χ4n) is 4.13. The number of benzene rings is 2. The number of carbonyl (C=O) groups is 1. The maximum Gasteiger partial charge on any atom is 0.179 e. The van der Waals surface area contributed by atoms with E-state index in [0.717, 1.165) is 38.3 Å². The molecule has 0 bridgehead atoms. The van der Waals surface area contributed by atoms with Gasteiger partial charge in [-0.2, -0.15) is 0 Å². The first-order valence-electron chi connectivity index (χ1n) is 10.2. The summed E-state index contributed by atoms with van der Waals surface area (Å²) in [5.74, 6) is 0.537. The maximum absolute atomic E-state index is 13.3. The van der Waals surface area contributed by atoms with Gasteiger partial charge in [-0.1, -0.05) is 67.6 Å². The van der Waals surface area contributed by atoms with E-state index in [1.807, 2.05) is 44.4 Å². The molecule has 4 nitrogen and oxygen atoms in total. The summed E-state index contributed by atoms with van der Waals surface area (Å²) < 4.78 is 5.59. The molecule has 0 N–H and O–H groups in total. The number of ether oxygens (including phenoxy) is 1. The quantitative estimate of drug-likeness (QED) is 0.654. The predicted molar refractivity (Wildman–Crippen MR) is 114 cm³/mol. The van der Waals surface area contributed by atoms with Crippen LogP contribution in [-0.2, 0) is 4.74 Å². The Kier molecular flexibility index (Phi) is 7.37. The third-order valence-corrected chi connectivity index (χ3v) is 5.87. The number of hydrogen-bond acceptors (Lipinski definition) is 4. The Morgan fingerprint density at radius 1 is 1.00 bits per heavy atom. The second kappa shape index (κ2) is 9.97. The van der Waals surface area contributed by atoms with Crippen molar-refractivity contribution in [3.63, 3.8) is 0 Å². The second-order valence-corrected chi connectivity index (χ2v) is 7.86. The number of morpholine rings is 1. The van der Waals surface area contributed by atoms with Crippen LogP contribution in [0.25, 0.3) is 0 Å². The molecule has 4 heteroatoms. The Labute approximate surface area is 169 Å². The van der Waals surface area contributed by atoms with Crippen molar-refractivity contribution >= 4 is 5.78 Å². The molecule has 150 valence electrons. The standard InChI is InChI=1S/C24H32N2O2/c1-19(20-10-6-4-7-11-20)22(26-14-16-28-17-15-26)18-23(25(2)3)24(27)21-12-8-5-9-13-21/h4-13,19,22-23H,14-18H2,1-3H3. The summed E-state index contributed by atoms with van der Waals surface area (Å²) in [6.07, 6.45) is 0.802. The monoisotopic (exact) mass is 380 g/mol. The van der Waals surface area contributed by atoms with Crippen LogP contribution in [0.3, 0.4) is 0 Å². The second-order valence-electron chi connectivity index (χ2n) is 7.86. The Bertz CT molecular complexity index is 727. The average Bonchev–Trinajstić information content (AvgIpc) is 2.75. The summed E-state index contributed by atoms with van der Waals surface area (Å²) in [6.45, 7) is 5.65. The molecule has 1 fully saturated rings. The van der Waals surface area contributed by atoms with Crippen molar-refractivity contribution in [3.05, 3.63) is 71.8 Å². The highest BCUT2D eigenvalue weighted by atomic mass is 16.5. The van der Waals surface area contributed by atoms with Crippen molar-refractivity contribution in [2.24, 2.45) is 0 Å². The Balaban J connectivity index is 1.86. The van der Waals surface area contributed by atoms with Gasteiger partial charge >= 0.3 is 0 Å². The van der Waals surface area contributed by atoms with Crippen molar-refractivity contribution in [1.82, 2.24) is 9.80 Å². The van der Waals surface area contributed by atoms with Crippen LogP contribution >= 0.6 is 0 Å². The van der Waals surface area contributed by atoms with Crippen molar-refractivity contribution in [2.75, 3.05) is 40.4 Å². The lowest BCUT2D eigenvalue weighted by molar-refractivity contribution is 0.00478. The van der Waals surface area contributed by atoms with Crippen LogP contribution in [0.5, 0.6) is 0 Å². The highest BCUT2D eigenvalue weighted by Crippen LogP contribution is 2.29. The predicted octanol–water partition coefficient (Wildman–Crippen LogP) is 3.69. The zero-order chi connectivity index (χ0) is 19.9. The molecule has 0 saturated carbocycles. The summed E-state index contributed by atoms with van der Waals surface area (Å²) in [5, 5.41) is 0. The molecule has 1 saturated heterocycles. The number of ketones is 1. The van der Waals surface area contributed by atoms with E-state index >= 15 is 0 Å². The molecule has 0 aromatic heterocycles. The van der Waals surface area contributed by atoms with Crippen LogP contribution < -0.4 is 0 Å². The molecule has 2 aromatic rings. The van der Waals surface area contributed by atoms with Gasteiger partial charge in [-0.3, -0.25) is 14.6 Å². The molecule has 0 aliphatic carbocycles. The van der Waals surface area contributed by atoms with Gasteiger partial charge in [0, 0.05) is 24.7 Å². The average molecular weight is 381 g/mol. The summed E-state index contributed by atoms with van der Waals surface area (Å²) in [4.78, 5) is 17.9. The fraction of sp³-hybridized carbons (Fsp3) is 0.458. The Morgan fingerprint density at radius 2 is 1.57 bits per heavy atom. The molecule has 2 aromatic carbocycles. The van der Waals surface area contributed by atoms with Crippen LogP contribution in [0.15, 0.2) is 60.7 Å². The highest BCUT2D eigenvalue weighted by Gasteiger charge is 2.33. The Hall–Kier alpha value is -2.01. The minimum absolute atomic E-state index is 0.151. The van der Waals surface area contributed by atoms with Crippen molar-refractivity contribution in [2.45, 2.75) is 31.3 Å². The fourth-order valence-corrected chi connectivity index (χ4v) is 4.13. The van der Waals surface area contributed by atoms with E-state index in [4.69, 9.17) is 4.74 Å². The van der Waals surface area contributed by atoms with Gasteiger partial charge < -0.3 is 4.74 Å². The topological polar surface area (TPSA) is 32.8 Å². The summed E-state index contributed by atoms with van der Waals surface area (Å²) in [6, 6.07) is 20.4. The number of nitrogens with zero attached hydrogens (tertiary/aromatic N) is 2. The van der Waals surface area contributed by atoms with Crippen molar-refractivity contribution < 1.29 is 9.53 Å². The molecular formula is C24H32N2O2. The van der Waals surface area contributed by atoms with Crippen LogP contribution in [0.1, 0.15) is 35.2 Å². The van der Waals surface area contributed by atoms with E-state index < -0.39 is 0 Å². The first-order chi connectivity index (χ1) is 13.6. The number of carbonyl (C=O) groups excluding carboxylic acids is 1. The van der Waals surface area contributed by atoms with Crippen molar-refractivity contribution in [3.8, 4) is 0 Å². The first-order valence-corrected chi connectivity index (χ1v) is 10.2.